The van der Waals surface area contributed by atoms with Gasteiger partial charge in [-0.2, -0.15) is 0 Å². The third-order valence-corrected chi connectivity index (χ3v) is 4.46. The van der Waals surface area contributed by atoms with Gasteiger partial charge in [0.2, 0.25) is 0 Å². The number of alkyl halides is 1. The lowest BCUT2D eigenvalue weighted by molar-refractivity contribution is 0.120. The molecular weight excluding hydrogens is 345 g/mol. The molecule has 0 saturated heterocycles. The van der Waals surface area contributed by atoms with E-state index in [1.54, 1.807) is 0 Å². The van der Waals surface area contributed by atoms with Crippen molar-refractivity contribution >= 4 is 34.2 Å². The van der Waals surface area contributed by atoms with E-state index in [1.807, 2.05) is 0 Å². The first-order valence-corrected chi connectivity index (χ1v) is 7.95. The quantitative estimate of drug-likeness (QED) is 0.539. The monoisotopic (exact) mass is 363 g/mol. The molecule has 17 heavy (non-hydrogen) atoms. The molecule has 1 nitrogen and oxygen atoms in total. The average Bonchev–Trinajstić information content (AvgIpc) is 2.26. The van der Waals surface area contributed by atoms with E-state index in [0.717, 1.165) is 31.4 Å². The molecule has 1 fully saturated rings. The SMILES string of the molecule is ClCCCN(Cc1ccc(I)cc1)C1CCC1. The van der Waals surface area contributed by atoms with Crippen LogP contribution < -0.4 is 0 Å². The van der Waals surface area contributed by atoms with E-state index >= 15 is 0 Å². The van der Waals surface area contributed by atoms with Gasteiger partial charge in [-0.05, 0) is 66.1 Å². The summed E-state index contributed by atoms with van der Waals surface area (Å²) in [5.74, 6) is 0.774. The maximum Gasteiger partial charge on any atom is 0.0236 e. The minimum absolute atomic E-state index is 0.774. The Morgan fingerprint density at radius 1 is 1.24 bits per heavy atom. The van der Waals surface area contributed by atoms with Gasteiger partial charge in [0.15, 0.2) is 0 Å². The Morgan fingerprint density at radius 2 is 1.94 bits per heavy atom. The van der Waals surface area contributed by atoms with Gasteiger partial charge >= 0.3 is 0 Å². The van der Waals surface area contributed by atoms with Crippen LogP contribution in [0.2, 0.25) is 0 Å². The fourth-order valence-corrected chi connectivity index (χ4v) is 2.71. The molecule has 0 unspecified atom stereocenters. The maximum atomic E-state index is 5.81. The lowest BCUT2D eigenvalue weighted by Crippen LogP contribution is -2.40. The third-order valence-electron chi connectivity index (χ3n) is 3.47. The van der Waals surface area contributed by atoms with Crippen LogP contribution in [0, 0.1) is 3.57 Å². The largest absolute Gasteiger partial charge is 0.296 e. The summed E-state index contributed by atoms with van der Waals surface area (Å²) < 4.78 is 1.31. The predicted molar refractivity (Wildman–Crippen MR) is 82.5 cm³/mol. The normalized spacial score (nSPS) is 16.2. The molecule has 0 atom stereocenters. The van der Waals surface area contributed by atoms with E-state index in [0.29, 0.717) is 0 Å². The van der Waals surface area contributed by atoms with Crippen molar-refractivity contribution in [3.05, 3.63) is 33.4 Å². The molecule has 0 radical (unpaired) electrons. The fourth-order valence-electron chi connectivity index (χ4n) is 2.23. The molecule has 0 heterocycles. The number of hydrogen-bond acceptors (Lipinski definition) is 1. The molecule has 94 valence electrons. The van der Waals surface area contributed by atoms with E-state index in [-0.39, 0.29) is 0 Å². The summed E-state index contributed by atoms with van der Waals surface area (Å²) in [4.78, 5) is 2.61. The van der Waals surface area contributed by atoms with Crippen LogP contribution in [0.1, 0.15) is 31.2 Å². The van der Waals surface area contributed by atoms with Gasteiger partial charge in [0.1, 0.15) is 0 Å². The Bertz CT molecular complexity index is 335. The summed E-state index contributed by atoms with van der Waals surface area (Å²) in [6, 6.07) is 9.67. The van der Waals surface area contributed by atoms with Crippen molar-refractivity contribution in [1.82, 2.24) is 4.90 Å². The lowest BCUT2D eigenvalue weighted by atomic mass is 9.91. The molecule has 2 rings (SSSR count). The van der Waals surface area contributed by atoms with Crippen molar-refractivity contribution in [2.45, 2.75) is 38.3 Å². The number of hydrogen-bond donors (Lipinski definition) is 0. The summed E-state index contributed by atoms with van der Waals surface area (Å²) >= 11 is 8.16. The molecule has 0 aliphatic heterocycles. The van der Waals surface area contributed by atoms with Crippen LogP contribution in [0.3, 0.4) is 0 Å². The molecule has 1 saturated carbocycles. The second kappa shape index (κ2) is 6.95. The van der Waals surface area contributed by atoms with Crippen LogP contribution in [-0.4, -0.2) is 23.4 Å². The van der Waals surface area contributed by atoms with E-state index in [2.05, 4.69) is 51.8 Å². The molecule has 1 aliphatic rings. The Hall–Kier alpha value is 0.200. The van der Waals surface area contributed by atoms with Crippen molar-refractivity contribution in [2.24, 2.45) is 0 Å². The van der Waals surface area contributed by atoms with Crippen molar-refractivity contribution in [1.29, 1.82) is 0 Å². The number of nitrogens with zero attached hydrogens (tertiary/aromatic N) is 1. The molecule has 0 spiro atoms. The van der Waals surface area contributed by atoms with Crippen LogP contribution in [0.15, 0.2) is 24.3 Å². The highest BCUT2D eigenvalue weighted by Gasteiger charge is 2.24. The standard InChI is InChI=1S/C14H19ClIN/c15-9-2-10-17(14-3-1-4-14)11-12-5-7-13(16)8-6-12/h5-8,14H,1-4,9-11H2. The van der Waals surface area contributed by atoms with Gasteiger partial charge in [0, 0.05) is 22.0 Å². The molecule has 1 aromatic rings. The molecule has 1 aliphatic carbocycles. The molecule has 0 bridgehead atoms. The Kier molecular flexibility index (Phi) is 5.57. The molecule has 0 amide bonds. The summed E-state index contributed by atoms with van der Waals surface area (Å²) in [6.45, 7) is 2.22. The molecule has 0 N–H and O–H groups in total. The Morgan fingerprint density at radius 3 is 2.47 bits per heavy atom. The zero-order valence-corrected chi connectivity index (χ0v) is 13.0. The van der Waals surface area contributed by atoms with Crippen molar-refractivity contribution in [3.63, 3.8) is 0 Å². The molecule has 0 aromatic heterocycles. The van der Waals surface area contributed by atoms with Gasteiger partial charge < -0.3 is 0 Å². The van der Waals surface area contributed by atoms with Crippen LogP contribution >= 0.6 is 34.2 Å². The number of halogens is 2. The first-order chi connectivity index (χ1) is 8.29. The second-order valence-electron chi connectivity index (χ2n) is 4.72. The zero-order chi connectivity index (χ0) is 12.1. The summed E-state index contributed by atoms with van der Waals surface area (Å²) in [7, 11) is 0. The summed E-state index contributed by atoms with van der Waals surface area (Å²) in [5, 5.41) is 0. The molecule has 3 heteroatoms. The predicted octanol–water partition coefficient (Wildman–Crippen LogP) is 4.27. The van der Waals surface area contributed by atoms with Crippen molar-refractivity contribution in [3.8, 4) is 0 Å². The van der Waals surface area contributed by atoms with Gasteiger partial charge in [-0.1, -0.05) is 18.6 Å². The van der Waals surface area contributed by atoms with E-state index < -0.39 is 0 Å². The van der Waals surface area contributed by atoms with Crippen molar-refractivity contribution in [2.75, 3.05) is 12.4 Å². The molecular formula is C14H19ClIN. The number of benzene rings is 1. The van der Waals surface area contributed by atoms with Crippen LogP contribution in [0.5, 0.6) is 0 Å². The topological polar surface area (TPSA) is 3.24 Å². The second-order valence-corrected chi connectivity index (χ2v) is 6.35. The average molecular weight is 364 g/mol. The van der Waals surface area contributed by atoms with E-state index in [4.69, 9.17) is 11.6 Å². The van der Waals surface area contributed by atoms with Crippen LogP contribution in [0.25, 0.3) is 0 Å². The lowest BCUT2D eigenvalue weighted by Gasteiger charge is -2.37. The smallest absolute Gasteiger partial charge is 0.0236 e. The van der Waals surface area contributed by atoms with Gasteiger partial charge in [0.25, 0.3) is 0 Å². The van der Waals surface area contributed by atoms with Gasteiger partial charge in [-0.3, -0.25) is 4.90 Å². The Labute approximate surface area is 123 Å². The zero-order valence-electron chi connectivity index (χ0n) is 10.0. The first-order valence-electron chi connectivity index (χ1n) is 6.34. The van der Waals surface area contributed by atoms with Crippen molar-refractivity contribution < 1.29 is 0 Å². The highest BCUT2D eigenvalue weighted by molar-refractivity contribution is 14.1. The maximum absolute atomic E-state index is 5.81. The van der Waals surface area contributed by atoms with E-state index in [9.17, 15) is 0 Å². The first kappa shape index (κ1) is 13.6. The van der Waals surface area contributed by atoms with Crippen LogP contribution in [0.4, 0.5) is 0 Å². The van der Waals surface area contributed by atoms with Crippen LogP contribution in [-0.2, 0) is 6.54 Å². The fraction of sp³-hybridized carbons (Fsp3) is 0.571. The Balaban J connectivity index is 1.93. The summed E-state index contributed by atoms with van der Waals surface area (Å²) in [5.41, 5.74) is 1.42. The number of rotatable bonds is 6. The highest BCUT2D eigenvalue weighted by atomic mass is 127. The minimum Gasteiger partial charge on any atom is -0.296 e. The minimum atomic E-state index is 0.774. The van der Waals surface area contributed by atoms with Gasteiger partial charge in [-0.25, -0.2) is 0 Å². The highest BCUT2D eigenvalue weighted by Crippen LogP contribution is 2.26. The van der Waals surface area contributed by atoms with Gasteiger partial charge in [-0.15, -0.1) is 11.6 Å². The van der Waals surface area contributed by atoms with Gasteiger partial charge in [0.05, 0.1) is 0 Å². The molecule has 1 aromatic carbocycles. The third kappa shape index (κ3) is 4.11. The summed E-state index contributed by atoms with van der Waals surface area (Å²) in [6.07, 6.45) is 5.23. The van der Waals surface area contributed by atoms with E-state index in [1.165, 1.54) is 28.4 Å².